The molecule has 1 unspecified atom stereocenters. The zero-order valence-electron chi connectivity index (χ0n) is 12.8. The molecule has 8 heteroatoms. The molecule has 0 aromatic heterocycles. The molecular formula is C16H16ClNO5S. The van der Waals surface area contributed by atoms with Gasteiger partial charge >= 0.3 is 5.97 Å². The molecule has 2 aromatic rings. The van der Waals surface area contributed by atoms with E-state index in [1.807, 2.05) is 0 Å². The Hall–Kier alpha value is -2.09. The third-order valence-corrected chi connectivity index (χ3v) is 4.85. The summed E-state index contributed by atoms with van der Waals surface area (Å²) in [6.07, 6.45) is -0.815. The number of sulfonamides is 1. The Labute approximate surface area is 145 Å². The summed E-state index contributed by atoms with van der Waals surface area (Å²) in [5.41, 5.74) is 0.557. The second-order valence-electron chi connectivity index (χ2n) is 5.00. The maximum absolute atomic E-state index is 12.3. The highest BCUT2D eigenvalue weighted by molar-refractivity contribution is 7.89. The van der Waals surface area contributed by atoms with Crippen LogP contribution >= 0.6 is 11.6 Å². The molecule has 0 aliphatic carbocycles. The van der Waals surface area contributed by atoms with Crippen molar-refractivity contribution in [3.05, 3.63) is 59.1 Å². The minimum Gasteiger partial charge on any atom is -0.508 e. The van der Waals surface area contributed by atoms with Crippen LogP contribution in [0.1, 0.15) is 18.6 Å². The molecule has 2 rings (SSSR count). The average molecular weight is 370 g/mol. The summed E-state index contributed by atoms with van der Waals surface area (Å²) >= 11 is 5.75. The van der Waals surface area contributed by atoms with Crippen LogP contribution in [0.5, 0.6) is 5.75 Å². The Kier molecular flexibility index (Phi) is 5.82. The van der Waals surface area contributed by atoms with Crippen molar-refractivity contribution in [2.45, 2.75) is 17.9 Å². The second-order valence-corrected chi connectivity index (χ2v) is 7.20. The zero-order chi connectivity index (χ0) is 17.7. The zero-order valence-corrected chi connectivity index (χ0v) is 14.3. The lowest BCUT2D eigenvalue weighted by atomic mass is 10.1. The van der Waals surface area contributed by atoms with E-state index in [0.717, 1.165) is 0 Å². The molecule has 1 atom stereocenters. The highest BCUT2D eigenvalue weighted by Gasteiger charge is 2.20. The van der Waals surface area contributed by atoms with Gasteiger partial charge in [-0.25, -0.2) is 13.1 Å². The Balaban J connectivity index is 2.16. The summed E-state index contributed by atoms with van der Waals surface area (Å²) < 4.78 is 32.1. The molecule has 2 N–H and O–H groups in total. The summed E-state index contributed by atoms with van der Waals surface area (Å²) in [6.45, 7) is 1.09. The first-order valence-corrected chi connectivity index (χ1v) is 8.85. The summed E-state index contributed by atoms with van der Waals surface area (Å²) in [6, 6.07) is 11.7. The molecule has 0 aliphatic rings. The van der Waals surface area contributed by atoms with Crippen LogP contribution in [0.15, 0.2) is 53.4 Å². The Bertz CT molecular complexity index is 803. The van der Waals surface area contributed by atoms with Crippen molar-refractivity contribution in [2.75, 3.05) is 6.54 Å². The minimum atomic E-state index is -3.77. The number of hydrogen-bond acceptors (Lipinski definition) is 5. The normalized spacial score (nSPS) is 12.6. The number of carbonyl (C=O) groups excluding carboxylic acids is 1. The van der Waals surface area contributed by atoms with Gasteiger partial charge < -0.3 is 9.84 Å². The van der Waals surface area contributed by atoms with Gasteiger partial charge in [0, 0.05) is 11.9 Å². The molecule has 0 amide bonds. The van der Waals surface area contributed by atoms with Crippen molar-refractivity contribution in [3.63, 3.8) is 0 Å². The second kappa shape index (κ2) is 7.65. The monoisotopic (exact) mass is 369 g/mol. The number of hydrogen-bond donors (Lipinski definition) is 2. The van der Waals surface area contributed by atoms with Crippen LogP contribution in [-0.2, 0) is 19.6 Å². The van der Waals surface area contributed by atoms with E-state index < -0.39 is 22.1 Å². The van der Waals surface area contributed by atoms with Crippen LogP contribution in [0.2, 0.25) is 5.02 Å². The highest BCUT2D eigenvalue weighted by atomic mass is 35.5. The fourth-order valence-electron chi connectivity index (χ4n) is 2.00. The van der Waals surface area contributed by atoms with Crippen molar-refractivity contribution >= 4 is 27.6 Å². The smallest absolute Gasteiger partial charge is 0.303 e. The fourth-order valence-corrected chi connectivity index (χ4v) is 3.16. The van der Waals surface area contributed by atoms with E-state index in [1.54, 1.807) is 12.1 Å². The average Bonchev–Trinajstić information content (AvgIpc) is 2.52. The number of aromatic hydroxyl groups is 1. The molecule has 24 heavy (non-hydrogen) atoms. The number of phenols is 1. The largest absolute Gasteiger partial charge is 0.508 e. The van der Waals surface area contributed by atoms with Gasteiger partial charge in [0.15, 0.2) is 0 Å². The number of phenolic OH excluding ortho intramolecular Hbond substituents is 1. The van der Waals surface area contributed by atoms with Gasteiger partial charge in [0.05, 0.1) is 11.4 Å². The molecule has 0 saturated carbocycles. The van der Waals surface area contributed by atoms with E-state index in [1.165, 1.54) is 43.3 Å². The third-order valence-electron chi connectivity index (χ3n) is 3.16. The van der Waals surface area contributed by atoms with E-state index in [0.29, 0.717) is 10.6 Å². The number of esters is 1. The van der Waals surface area contributed by atoms with E-state index in [4.69, 9.17) is 16.3 Å². The minimum absolute atomic E-state index is 0.0548. The number of ether oxygens (including phenoxy) is 1. The first-order chi connectivity index (χ1) is 11.3. The highest BCUT2D eigenvalue weighted by Crippen LogP contribution is 2.21. The van der Waals surface area contributed by atoms with Crippen LogP contribution in [-0.4, -0.2) is 26.0 Å². The van der Waals surface area contributed by atoms with Crippen molar-refractivity contribution in [1.82, 2.24) is 4.72 Å². The lowest BCUT2D eigenvalue weighted by Gasteiger charge is -2.18. The first kappa shape index (κ1) is 18.3. The van der Waals surface area contributed by atoms with Gasteiger partial charge in [-0.2, -0.15) is 0 Å². The molecule has 0 radical (unpaired) electrons. The molecule has 0 fully saturated rings. The summed E-state index contributed by atoms with van der Waals surface area (Å²) in [5.74, 6) is -0.485. The standard InChI is InChI=1S/C16H16ClNO5S/c1-11(19)23-16(12-2-6-14(20)7-3-12)10-18-24(21,22)15-8-4-13(17)5-9-15/h2-9,16,18,20H,10H2,1H3. The third kappa shape index (κ3) is 4.95. The maximum atomic E-state index is 12.3. The fraction of sp³-hybridized carbons (Fsp3) is 0.188. The van der Waals surface area contributed by atoms with Crippen LogP contribution in [0.3, 0.4) is 0 Å². The van der Waals surface area contributed by atoms with Crippen LogP contribution in [0.25, 0.3) is 0 Å². The molecule has 0 bridgehead atoms. The topological polar surface area (TPSA) is 92.7 Å². The molecule has 0 heterocycles. The molecule has 2 aromatic carbocycles. The summed E-state index contributed by atoms with van der Waals surface area (Å²) in [4.78, 5) is 11.3. The molecule has 6 nitrogen and oxygen atoms in total. The molecule has 0 aliphatic heterocycles. The van der Waals surface area contributed by atoms with E-state index >= 15 is 0 Å². The molecule has 128 valence electrons. The van der Waals surface area contributed by atoms with Gasteiger partial charge in [-0.05, 0) is 42.0 Å². The van der Waals surface area contributed by atoms with Crippen molar-refractivity contribution in [1.29, 1.82) is 0 Å². The Morgan fingerprint density at radius 2 is 1.75 bits per heavy atom. The van der Waals surface area contributed by atoms with E-state index in [2.05, 4.69) is 4.72 Å². The number of benzene rings is 2. The van der Waals surface area contributed by atoms with Gasteiger partial charge in [-0.15, -0.1) is 0 Å². The molecule has 0 saturated heterocycles. The maximum Gasteiger partial charge on any atom is 0.303 e. The van der Waals surface area contributed by atoms with Gasteiger partial charge in [0.2, 0.25) is 10.0 Å². The molecular weight excluding hydrogens is 354 g/mol. The van der Waals surface area contributed by atoms with Crippen molar-refractivity contribution in [3.8, 4) is 5.75 Å². The van der Waals surface area contributed by atoms with Gasteiger partial charge in [0.1, 0.15) is 11.9 Å². The summed E-state index contributed by atoms with van der Waals surface area (Å²) in [5, 5.41) is 9.75. The predicted molar refractivity (Wildman–Crippen MR) is 89.3 cm³/mol. The summed E-state index contributed by atoms with van der Waals surface area (Å²) in [7, 11) is -3.77. The number of rotatable bonds is 6. The lowest BCUT2D eigenvalue weighted by molar-refractivity contribution is -0.146. The lowest BCUT2D eigenvalue weighted by Crippen LogP contribution is -2.30. The Morgan fingerprint density at radius 1 is 1.17 bits per heavy atom. The number of halogens is 1. The first-order valence-electron chi connectivity index (χ1n) is 6.99. The SMILES string of the molecule is CC(=O)OC(CNS(=O)(=O)c1ccc(Cl)cc1)c1ccc(O)cc1. The van der Waals surface area contributed by atoms with Crippen molar-refractivity contribution in [2.24, 2.45) is 0 Å². The number of carbonyl (C=O) groups is 1. The van der Waals surface area contributed by atoms with Gasteiger partial charge in [-0.1, -0.05) is 23.7 Å². The molecule has 0 spiro atoms. The predicted octanol–water partition coefficient (Wildman–Crippen LogP) is 2.63. The van der Waals surface area contributed by atoms with Crippen LogP contribution < -0.4 is 4.72 Å². The van der Waals surface area contributed by atoms with Gasteiger partial charge in [0.25, 0.3) is 0 Å². The number of nitrogens with one attached hydrogen (secondary N) is 1. The van der Waals surface area contributed by atoms with Crippen molar-refractivity contribution < 1.29 is 23.1 Å². The van der Waals surface area contributed by atoms with Gasteiger partial charge in [-0.3, -0.25) is 4.79 Å². The van der Waals surface area contributed by atoms with E-state index in [9.17, 15) is 18.3 Å². The Morgan fingerprint density at radius 3 is 2.29 bits per heavy atom. The van der Waals surface area contributed by atoms with Crippen LogP contribution in [0, 0.1) is 0 Å². The van der Waals surface area contributed by atoms with Crippen LogP contribution in [0.4, 0.5) is 0 Å². The van der Waals surface area contributed by atoms with E-state index in [-0.39, 0.29) is 17.2 Å². The quantitative estimate of drug-likeness (QED) is 0.763.